The Bertz CT molecular complexity index is 483. The number of nitrogen functional groups attached to an aromatic ring is 1. The molecule has 1 aromatic carbocycles. The van der Waals surface area contributed by atoms with E-state index in [2.05, 4.69) is 16.8 Å². The summed E-state index contributed by atoms with van der Waals surface area (Å²) in [6.07, 6.45) is 0. The maximum absolute atomic E-state index is 5.92. The fraction of sp³-hybridized carbons (Fsp3) is 0.0909. The summed E-state index contributed by atoms with van der Waals surface area (Å²) >= 11 is 13.4. The van der Waals surface area contributed by atoms with Gasteiger partial charge in [-0.25, -0.2) is 0 Å². The molecule has 0 radical (unpaired) electrons. The van der Waals surface area contributed by atoms with Crippen LogP contribution in [0.3, 0.4) is 0 Å². The zero-order valence-corrected chi connectivity index (χ0v) is 10.7. The summed E-state index contributed by atoms with van der Waals surface area (Å²) in [6, 6.07) is 5.46. The molecule has 0 atom stereocenters. The van der Waals surface area contributed by atoms with E-state index in [-0.39, 0.29) is 0 Å². The van der Waals surface area contributed by atoms with Gasteiger partial charge in [-0.2, -0.15) is 11.3 Å². The number of nitrogens with two attached hydrogens (primary N) is 1. The van der Waals surface area contributed by atoms with Crippen LogP contribution < -0.4 is 11.1 Å². The van der Waals surface area contributed by atoms with Crippen molar-refractivity contribution in [3.05, 3.63) is 44.6 Å². The fourth-order valence-electron chi connectivity index (χ4n) is 1.31. The Morgan fingerprint density at radius 2 is 2.00 bits per heavy atom. The minimum Gasteiger partial charge on any atom is -0.397 e. The molecule has 0 aliphatic heterocycles. The zero-order chi connectivity index (χ0) is 11.5. The highest BCUT2D eigenvalue weighted by Crippen LogP contribution is 2.30. The van der Waals surface area contributed by atoms with Crippen LogP contribution in [0.1, 0.15) is 5.56 Å². The average molecular weight is 273 g/mol. The molecule has 3 N–H and O–H groups in total. The van der Waals surface area contributed by atoms with Crippen LogP contribution in [0.2, 0.25) is 10.0 Å². The van der Waals surface area contributed by atoms with Gasteiger partial charge in [0.25, 0.3) is 0 Å². The minimum atomic E-state index is 0.472. The van der Waals surface area contributed by atoms with Gasteiger partial charge in [0.1, 0.15) is 0 Å². The van der Waals surface area contributed by atoms with Crippen LogP contribution in [0.4, 0.5) is 11.4 Å². The standard InChI is InChI=1S/C11H10Cl2N2S/c12-8-3-10(14)11(4-9(8)13)15-5-7-1-2-16-6-7/h1-4,6,15H,5,14H2. The van der Waals surface area contributed by atoms with Crippen molar-refractivity contribution in [2.75, 3.05) is 11.1 Å². The van der Waals surface area contributed by atoms with E-state index < -0.39 is 0 Å². The smallest absolute Gasteiger partial charge is 0.0614 e. The molecule has 0 bridgehead atoms. The minimum absolute atomic E-state index is 0.472. The molecule has 0 aliphatic rings. The van der Waals surface area contributed by atoms with Crippen LogP contribution in [0.25, 0.3) is 0 Å². The molecule has 0 saturated heterocycles. The van der Waals surface area contributed by atoms with E-state index in [0.29, 0.717) is 15.7 Å². The SMILES string of the molecule is Nc1cc(Cl)c(Cl)cc1NCc1ccsc1. The summed E-state index contributed by atoms with van der Waals surface area (Å²) in [6.45, 7) is 0.728. The largest absolute Gasteiger partial charge is 0.397 e. The normalized spacial score (nSPS) is 10.4. The van der Waals surface area contributed by atoms with Gasteiger partial charge in [-0.3, -0.25) is 0 Å². The topological polar surface area (TPSA) is 38.0 Å². The molecular weight excluding hydrogens is 263 g/mol. The van der Waals surface area contributed by atoms with Crippen LogP contribution >= 0.6 is 34.5 Å². The molecular formula is C11H10Cl2N2S. The van der Waals surface area contributed by atoms with E-state index in [0.717, 1.165) is 12.2 Å². The summed E-state index contributed by atoms with van der Waals surface area (Å²) in [7, 11) is 0. The van der Waals surface area contributed by atoms with Gasteiger partial charge in [0.2, 0.25) is 0 Å². The molecule has 0 spiro atoms. The van der Waals surface area contributed by atoms with Crippen LogP contribution in [0.5, 0.6) is 0 Å². The summed E-state index contributed by atoms with van der Waals surface area (Å²) in [5.41, 5.74) is 8.45. The first-order valence-corrected chi connectivity index (χ1v) is 6.36. The van der Waals surface area contributed by atoms with Crippen LogP contribution in [-0.2, 0) is 6.54 Å². The second-order valence-corrected chi connectivity index (χ2v) is 4.93. The van der Waals surface area contributed by atoms with Crippen molar-refractivity contribution in [1.29, 1.82) is 0 Å². The Labute approximate surface area is 108 Å². The molecule has 0 unspecified atom stereocenters. The first-order chi connectivity index (χ1) is 7.66. The Kier molecular flexibility index (Phi) is 3.59. The third-order valence-electron chi connectivity index (χ3n) is 2.16. The van der Waals surface area contributed by atoms with Gasteiger partial charge in [0.15, 0.2) is 0 Å². The number of anilines is 2. The molecule has 0 aliphatic carbocycles. The predicted molar refractivity (Wildman–Crippen MR) is 72.5 cm³/mol. The van der Waals surface area contributed by atoms with E-state index in [1.807, 2.05) is 5.38 Å². The van der Waals surface area contributed by atoms with Gasteiger partial charge in [0.05, 0.1) is 21.4 Å². The summed E-state index contributed by atoms with van der Waals surface area (Å²) < 4.78 is 0. The molecule has 1 aromatic heterocycles. The summed E-state index contributed by atoms with van der Waals surface area (Å²) in [5.74, 6) is 0. The number of benzene rings is 1. The van der Waals surface area contributed by atoms with E-state index in [1.165, 1.54) is 5.56 Å². The molecule has 0 amide bonds. The predicted octanol–water partition coefficient (Wildman–Crippen LogP) is 4.25. The highest BCUT2D eigenvalue weighted by Gasteiger charge is 2.04. The van der Waals surface area contributed by atoms with Crippen molar-refractivity contribution in [2.24, 2.45) is 0 Å². The number of thiophene rings is 1. The average Bonchev–Trinajstić information content (AvgIpc) is 2.74. The molecule has 16 heavy (non-hydrogen) atoms. The number of rotatable bonds is 3. The summed E-state index contributed by atoms with van der Waals surface area (Å²) in [4.78, 5) is 0. The summed E-state index contributed by atoms with van der Waals surface area (Å²) in [5, 5.41) is 8.32. The Balaban J connectivity index is 2.12. The third-order valence-corrected chi connectivity index (χ3v) is 3.61. The van der Waals surface area contributed by atoms with Crippen molar-refractivity contribution in [3.63, 3.8) is 0 Å². The van der Waals surface area contributed by atoms with E-state index in [4.69, 9.17) is 28.9 Å². The fourth-order valence-corrected chi connectivity index (χ4v) is 2.31. The number of halogens is 2. The maximum Gasteiger partial charge on any atom is 0.0614 e. The second-order valence-electron chi connectivity index (χ2n) is 3.34. The van der Waals surface area contributed by atoms with Gasteiger partial charge in [-0.15, -0.1) is 0 Å². The Morgan fingerprint density at radius 3 is 2.69 bits per heavy atom. The first-order valence-electron chi connectivity index (χ1n) is 4.66. The Morgan fingerprint density at radius 1 is 1.25 bits per heavy atom. The number of hydrogen-bond acceptors (Lipinski definition) is 3. The molecule has 5 heteroatoms. The highest BCUT2D eigenvalue weighted by molar-refractivity contribution is 7.07. The maximum atomic E-state index is 5.92. The van der Waals surface area contributed by atoms with Gasteiger partial charge < -0.3 is 11.1 Å². The van der Waals surface area contributed by atoms with Crippen molar-refractivity contribution in [2.45, 2.75) is 6.54 Å². The first kappa shape index (κ1) is 11.6. The highest BCUT2D eigenvalue weighted by atomic mass is 35.5. The van der Waals surface area contributed by atoms with Gasteiger partial charge >= 0.3 is 0 Å². The van der Waals surface area contributed by atoms with Crippen LogP contribution in [0.15, 0.2) is 29.0 Å². The lowest BCUT2D eigenvalue weighted by molar-refractivity contribution is 1.17. The lowest BCUT2D eigenvalue weighted by atomic mass is 10.2. The number of hydrogen-bond donors (Lipinski definition) is 2. The van der Waals surface area contributed by atoms with Crippen molar-refractivity contribution < 1.29 is 0 Å². The van der Waals surface area contributed by atoms with Crippen LogP contribution in [0, 0.1) is 0 Å². The number of nitrogens with one attached hydrogen (secondary N) is 1. The molecule has 2 aromatic rings. The van der Waals surface area contributed by atoms with E-state index >= 15 is 0 Å². The van der Waals surface area contributed by atoms with E-state index in [1.54, 1.807) is 23.5 Å². The van der Waals surface area contributed by atoms with Gasteiger partial charge in [-0.05, 0) is 34.5 Å². The molecule has 0 fully saturated rings. The third kappa shape index (κ3) is 2.61. The molecule has 0 saturated carbocycles. The molecule has 84 valence electrons. The molecule has 1 heterocycles. The van der Waals surface area contributed by atoms with Crippen LogP contribution in [-0.4, -0.2) is 0 Å². The van der Waals surface area contributed by atoms with E-state index in [9.17, 15) is 0 Å². The second kappa shape index (κ2) is 4.95. The zero-order valence-electron chi connectivity index (χ0n) is 8.34. The monoisotopic (exact) mass is 272 g/mol. The van der Waals surface area contributed by atoms with Gasteiger partial charge in [-0.1, -0.05) is 23.2 Å². The van der Waals surface area contributed by atoms with Crippen molar-refractivity contribution >= 4 is 45.9 Å². The quantitative estimate of drug-likeness (QED) is 0.820. The molecule has 2 rings (SSSR count). The van der Waals surface area contributed by atoms with Gasteiger partial charge in [0, 0.05) is 6.54 Å². The lowest BCUT2D eigenvalue weighted by Crippen LogP contribution is -2.01. The Hall–Kier alpha value is -0.900. The van der Waals surface area contributed by atoms with Crippen molar-refractivity contribution in [3.8, 4) is 0 Å². The lowest BCUT2D eigenvalue weighted by Gasteiger charge is -2.09. The molecule has 2 nitrogen and oxygen atoms in total. The van der Waals surface area contributed by atoms with Crippen molar-refractivity contribution in [1.82, 2.24) is 0 Å².